The van der Waals surface area contributed by atoms with Crippen LogP contribution in [0.5, 0.6) is 5.75 Å². The molecule has 0 amide bonds. The van der Waals surface area contributed by atoms with Gasteiger partial charge in [-0.2, -0.15) is 9.89 Å². The number of hydrogen-bond acceptors (Lipinski definition) is 10. The molecule has 2 aromatic rings. The number of ether oxygens (including phenoxy) is 5. The average molecular weight is 449 g/mol. The third-order valence-corrected chi connectivity index (χ3v) is 4.90. The summed E-state index contributed by atoms with van der Waals surface area (Å²) < 4.78 is 27.4. The number of nitrogen functional groups attached to an aromatic ring is 1. The van der Waals surface area contributed by atoms with Gasteiger partial charge >= 0.3 is 0 Å². The predicted molar refractivity (Wildman–Crippen MR) is 118 cm³/mol. The number of hydrogen-bond donors (Lipinski definition) is 2. The van der Waals surface area contributed by atoms with E-state index >= 15 is 0 Å². The maximum Gasteiger partial charge on any atom is 0.190 e. The molecular formula is C21H32N6O5. The molecule has 0 radical (unpaired) electrons. The van der Waals surface area contributed by atoms with Crippen LogP contribution in [-0.4, -0.2) is 76.3 Å². The van der Waals surface area contributed by atoms with Gasteiger partial charge in [0.1, 0.15) is 18.5 Å². The van der Waals surface area contributed by atoms with Crippen LogP contribution in [0.15, 0.2) is 41.5 Å². The van der Waals surface area contributed by atoms with E-state index in [2.05, 4.69) is 15.1 Å². The van der Waals surface area contributed by atoms with Crippen LogP contribution >= 0.6 is 0 Å². The Bertz CT molecular complexity index is 876. The summed E-state index contributed by atoms with van der Waals surface area (Å²) >= 11 is 0. The Morgan fingerprint density at radius 1 is 1.03 bits per heavy atom. The Labute approximate surface area is 187 Å². The molecule has 1 fully saturated rings. The fourth-order valence-electron chi connectivity index (χ4n) is 3.21. The van der Waals surface area contributed by atoms with Crippen molar-refractivity contribution >= 4 is 5.82 Å². The second kappa shape index (κ2) is 12.9. The van der Waals surface area contributed by atoms with Crippen molar-refractivity contribution in [3.63, 3.8) is 0 Å². The number of nitrogens with two attached hydrogens (primary N) is 2. The zero-order valence-corrected chi connectivity index (χ0v) is 18.4. The van der Waals surface area contributed by atoms with Gasteiger partial charge in [0.2, 0.25) is 0 Å². The van der Waals surface area contributed by atoms with Crippen LogP contribution in [-0.2, 0) is 18.9 Å². The lowest BCUT2D eigenvalue weighted by atomic mass is 10.1. The number of anilines is 1. The van der Waals surface area contributed by atoms with Gasteiger partial charge in [-0.1, -0.05) is 12.1 Å². The van der Waals surface area contributed by atoms with E-state index in [0.717, 1.165) is 23.7 Å². The van der Waals surface area contributed by atoms with Crippen molar-refractivity contribution in [1.82, 2.24) is 9.89 Å². The molecule has 11 nitrogen and oxygen atoms in total. The molecule has 1 atom stereocenters. The molecule has 0 aliphatic carbocycles. The monoisotopic (exact) mass is 448 g/mol. The highest BCUT2D eigenvalue weighted by Gasteiger charge is 2.23. The van der Waals surface area contributed by atoms with Gasteiger partial charge in [-0.3, -0.25) is 0 Å². The van der Waals surface area contributed by atoms with Crippen molar-refractivity contribution in [3.8, 4) is 5.75 Å². The molecule has 11 heteroatoms. The molecule has 32 heavy (non-hydrogen) atoms. The number of methoxy groups -OCH3 is 1. The largest absolute Gasteiger partial charge is 0.491 e. The molecule has 176 valence electrons. The maximum absolute atomic E-state index is 5.96. The Morgan fingerprint density at radius 3 is 2.44 bits per heavy atom. The van der Waals surface area contributed by atoms with Crippen LogP contribution in [0.25, 0.3) is 0 Å². The molecule has 1 aliphatic rings. The van der Waals surface area contributed by atoms with Crippen molar-refractivity contribution < 1.29 is 23.7 Å². The van der Waals surface area contributed by atoms with Gasteiger partial charge in [0.05, 0.1) is 39.6 Å². The number of nitrogens with zero attached hydrogens (tertiary/aromatic N) is 4. The van der Waals surface area contributed by atoms with Crippen LogP contribution < -0.4 is 26.8 Å². The summed E-state index contributed by atoms with van der Waals surface area (Å²) in [6.07, 6.45) is -0.0776. The van der Waals surface area contributed by atoms with Gasteiger partial charge in [0, 0.05) is 20.2 Å². The fourth-order valence-corrected chi connectivity index (χ4v) is 3.21. The van der Waals surface area contributed by atoms with E-state index in [1.807, 2.05) is 30.3 Å². The van der Waals surface area contributed by atoms with E-state index in [4.69, 9.17) is 35.4 Å². The fraction of sp³-hybridized carbons (Fsp3) is 0.524. The first-order chi connectivity index (χ1) is 15.7. The zero-order chi connectivity index (χ0) is 22.6. The Balaban J connectivity index is 1.43. The number of morpholine rings is 1. The van der Waals surface area contributed by atoms with Crippen molar-refractivity contribution in [2.24, 2.45) is 10.9 Å². The smallest absolute Gasteiger partial charge is 0.190 e. The summed E-state index contributed by atoms with van der Waals surface area (Å²) in [6.45, 7) is 5.19. The van der Waals surface area contributed by atoms with Crippen LogP contribution in [0, 0.1) is 0 Å². The van der Waals surface area contributed by atoms with E-state index in [0.29, 0.717) is 58.3 Å². The molecule has 2 heterocycles. The summed E-state index contributed by atoms with van der Waals surface area (Å²) in [5.41, 5.74) is 1.47. The zero-order valence-electron chi connectivity index (χ0n) is 18.4. The Morgan fingerprint density at radius 2 is 1.75 bits per heavy atom. The highest BCUT2D eigenvalue weighted by Crippen LogP contribution is 2.26. The van der Waals surface area contributed by atoms with Gasteiger partial charge in [-0.05, 0) is 29.8 Å². The van der Waals surface area contributed by atoms with E-state index in [9.17, 15) is 0 Å². The normalized spacial score (nSPS) is 17.0. The molecule has 1 saturated heterocycles. The van der Waals surface area contributed by atoms with Crippen molar-refractivity contribution in [2.45, 2.75) is 6.10 Å². The van der Waals surface area contributed by atoms with Crippen LogP contribution in [0.1, 0.15) is 11.7 Å². The molecule has 1 aliphatic heterocycles. The first kappa shape index (κ1) is 23.8. The molecule has 1 aromatic carbocycles. The van der Waals surface area contributed by atoms with Crippen molar-refractivity contribution in [2.75, 3.05) is 77.2 Å². The summed E-state index contributed by atoms with van der Waals surface area (Å²) in [7, 11) is 1.65. The molecular weight excluding hydrogens is 416 g/mol. The first-order valence-electron chi connectivity index (χ1n) is 10.5. The SMILES string of the molecule is COCCOCCOCCOc1ccc(C2CN(c3cc/c(=N/N)n(N)n3)CCO2)cc1. The highest BCUT2D eigenvalue weighted by molar-refractivity contribution is 5.38. The molecule has 0 spiro atoms. The van der Waals surface area contributed by atoms with E-state index in [1.54, 1.807) is 13.2 Å². The van der Waals surface area contributed by atoms with Gasteiger partial charge in [-0.25, -0.2) is 0 Å². The van der Waals surface area contributed by atoms with E-state index < -0.39 is 0 Å². The number of benzene rings is 1. The van der Waals surface area contributed by atoms with Crippen LogP contribution in [0.3, 0.4) is 0 Å². The topological polar surface area (TPSA) is 132 Å². The Hall–Kier alpha value is -2.86. The van der Waals surface area contributed by atoms with Gasteiger partial charge in [0.25, 0.3) is 0 Å². The second-order valence-electron chi connectivity index (χ2n) is 7.06. The second-order valence-corrected chi connectivity index (χ2v) is 7.06. The summed E-state index contributed by atoms with van der Waals surface area (Å²) in [6, 6.07) is 11.5. The van der Waals surface area contributed by atoms with E-state index in [-0.39, 0.29) is 6.10 Å². The minimum absolute atomic E-state index is 0.0776. The summed E-state index contributed by atoms with van der Waals surface area (Å²) in [5, 5.41) is 7.91. The molecule has 1 aromatic heterocycles. The van der Waals surface area contributed by atoms with Crippen molar-refractivity contribution in [1.29, 1.82) is 0 Å². The van der Waals surface area contributed by atoms with Gasteiger partial charge in [0.15, 0.2) is 11.3 Å². The van der Waals surface area contributed by atoms with Crippen LogP contribution in [0.4, 0.5) is 5.82 Å². The molecule has 3 rings (SSSR count). The third-order valence-electron chi connectivity index (χ3n) is 4.90. The molecule has 1 unspecified atom stereocenters. The lowest BCUT2D eigenvalue weighted by molar-refractivity contribution is 0.0179. The molecule has 0 bridgehead atoms. The van der Waals surface area contributed by atoms with Crippen molar-refractivity contribution in [3.05, 3.63) is 47.4 Å². The average Bonchev–Trinajstić information content (AvgIpc) is 2.83. The number of aromatic nitrogens is 2. The summed E-state index contributed by atoms with van der Waals surface area (Å²) in [4.78, 5) is 3.29. The van der Waals surface area contributed by atoms with E-state index in [1.165, 1.54) is 4.79 Å². The standard InChI is InChI=1S/C21H32N6O5/c1-28-10-11-29-12-13-30-14-15-31-18-4-2-17(3-5-18)19-16-26(8-9-32-19)21-7-6-20(24-22)27(23)25-21/h2-7,19H,8-16,22-23H2,1H3/b24-20-. The third kappa shape index (κ3) is 7.09. The molecule has 0 saturated carbocycles. The van der Waals surface area contributed by atoms with Gasteiger partial charge < -0.3 is 40.3 Å². The lowest BCUT2D eigenvalue weighted by Crippen LogP contribution is -2.41. The maximum atomic E-state index is 5.96. The van der Waals surface area contributed by atoms with Crippen LogP contribution in [0.2, 0.25) is 0 Å². The summed E-state index contributed by atoms with van der Waals surface area (Å²) in [5.74, 6) is 12.7. The lowest BCUT2D eigenvalue weighted by Gasteiger charge is -2.34. The highest BCUT2D eigenvalue weighted by atomic mass is 16.6. The molecule has 4 N–H and O–H groups in total. The first-order valence-corrected chi connectivity index (χ1v) is 10.5. The number of rotatable bonds is 12. The Kier molecular flexibility index (Phi) is 9.57. The predicted octanol–water partition coefficient (Wildman–Crippen LogP) is 0.00760. The van der Waals surface area contributed by atoms with Gasteiger partial charge in [-0.15, -0.1) is 5.10 Å². The minimum atomic E-state index is -0.0776. The quantitative estimate of drug-likeness (QED) is 0.262. The minimum Gasteiger partial charge on any atom is -0.491 e.